The van der Waals surface area contributed by atoms with Gasteiger partial charge in [-0.1, -0.05) is 32.1 Å². The van der Waals surface area contributed by atoms with Crippen LogP contribution in [0.2, 0.25) is 0 Å². The molecule has 0 saturated carbocycles. The monoisotopic (exact) mass is 195 g/mol. The number of aliphatic hydroxyl groups is 1. The van der Waals surface area contributed by atoms with Crippen LogP contribution in [0.5, 0.6) is 0 Å². The van der Waals surface area contributed by atoms with Gasteiger partial charge in [0.05, 0.1) is 5.92 Å². The summed E-state index contributed by atoms with van der Waals surface area (Å²) < 4.78 is 0. The van der Waals surface area contributed by atoms with Crippen LogP contribution in [0.15, 0.2) is 24.3 Å². The summed E-state index contributed by atoms with van der Waals surface area (Å²) in [5, 5.41) is 10.3. The molecule has 1 N–H and O–H groups in total. The van der Waals surface area contributed by atoms with Crippen LogP contribution in [-0.4, -0.2) is 35.1 Å². The van der Waals surface area contributed by atoms with E-state index in [0.29, 0.717) is 0 Å². The Labute approximate surface area is 84.7 Å². The highest BCUT2D eigenvalue weighted by molar-refractivity contribution is 5.61. The minimum absolute atomic E-state index is 0.465. The maximum absolute atomic E-state index is 10.8. The first kappa shape index (κ1) is 11.1. The smallest absolute Gasteiger partial charge is 0.150 e. The molecule has 14 heavy (non-hydrogen) atoms. The number of carbonyl (C=O) groups excluding carboxylic acids is 1. The molecular formula is C11H17NO2. The Morgan fingerprint density at radius 3 is 2.57 bits per heavy atom. The van der Waals surface area contributed by atoms with Crippen molar-refractivity contribution in [1.29, 1.82) is 0 Å². The molecule has 0 spiro atoms. The standard InChI is InChI=1S/C11H17NO2/c1-3-12(4-2)11(14)8-6-5-7-10(11)9-13/h5-10,14H,3-4H2,1-2H3. The van der Waals surface area contributed by atoms with Gasteiger partial charge in [-0.15, -0.1) is 0 Å². The molecule has 0 aliphatic heterocycles. The van der Waals surface area contributed by atoms with Gasteiger partial charge in [0.2, 0.25) is 0 Å². The zero-order valence-electron chi connectivity index (χ0n) is 8.68. The second-order valence-electron chi connectivity index (χ2n) is 3.36. The molecule has 0 aromatic carbocycles. The molecule has 1 aliphatic carbocycles. The maximum Gasteiger partial charge on any atom is 0.150 e. The van der Waals surface area contributed by atoms with E-state index in [-0.39, 0.29) is 0 Å². The van der Waals surface area contributed by atoms with Gasteiger partial charge in [-0.05, 0) is 19.2 Å². The number of rotatable bonds is 4. The van der Waals surface area contributed by atoms with Crippen molar-refractivity contribution in [3.8, 4) is 0 Å². The highest BCUT2D eigenvalue weighted by Crippen LogP contribution is 2.26. The molecule has 2 atom stereocenters. The Morgan fingerprint density at radius 1 is 1.43 bits per heavy atom. The van der Waals surface area contributed by atoms with Crippen LogP contribution in [0.25, 0.3) is 0 Å². The molecular weight excluding hydrogens is 178 g/mol. The fraction of sp³-hybridized carbons (Fsp3) is 0.545. The zero-order chi connectivity index (χ0) is 10.6. The van der Waals surface area contributed by atoms with Crippen molar-refractivity contribution in [1.82, 2.24) is 4.90 Å². The molecule has 0 saturated heterocycles. The van der Waals surface area contributed by atoms with Gasteiger partial charge in [-0.25, -0.2) is 0 Å². The Balaban J connectivity index is 2.94. The average Bonchev–Trinajstić information content (AvgIpc) is 2.20. The summed E-state index contributed by atoms with van der Waals surface area (Å²) >= 11 is 0. The van der Waals surface area contributed by atoms with Crippen LogP contribution in [0.1, 0.15) is 13.8 Å². The van der Waals surface area contributed by atoms with E-state index in [4.69, 9.17) is 0 Å². The van der Waals surface area contributed by atoms with E-state index in [1.165, 1.54) is 0 Å². The topological polar surface area (TPSA) is 40.5 Å². The van der Waals surface area contributed by atoms with E-state index in [9.17, 15) is 9.90 Å². The van der Waals surface area contributed by atoms with Crippen molar-refractivity contribution < 1.29 is 9.90 Å². The molecule has 1 aliphatic rings. The third-order valence-corrected chi connectivity index (χ3v) is 2.68. The zero-order valence-corrected chi connectivity index (χ0v) is 8.68. The molecule has 0 bridgehead atoms. The first-order valence-corrected chi connectivity index (χ1v) is 4.97. The van der Waals surface area contributed by atoms with E-state index in [0.717, 1.165) is 19.4 Å². The first-order valence-electron chi connectivity index (χ1n) is 4.97. The van der Waals surface area contributed by atoms with Crippen LogP contribution in [-0.2, 0) is 4.79 Å². The molecule has 0 heterocycles. The van der Waals surface area contributed by atoms with Gasteiger partial charge >= 0.3 is 0 Å². The molecule has 0 amide bonds. The number of likely N-dealkylation sites (N-methyl/N-ethyl adjacent to an activating group) is 1. The van der Waals surface area contributed by atoms with E-state index < -0.39 is 11.6 Å². The van der Waals surface area contributed by atoms with Crippen molar-refractivity contribution in [2.75, 3.05) is 13.1 Å². The molecule has 0 radical (unpaired) electrons. The Kier molecular flexibility index (Phi) is 3.61. The van der Waals surface area contributed by atoms with Crippen LogP contribution in [0.4, 0.5) is 0 Å². The van der Waals surface area contributed by atoms with Gasteiger partial charge in [0.1, 0.15) is 6.29 Å². The lowest BCUT2D eigenvalue weighted by atomic mass is 9.91. The largest absolute Gasteiger partial charge is 0.371 e. The lowest BCUT2D eigenvalue weighted by Gasteiger charge is -2.40. The van der Waals surface area contributed by atoms with Crippen molar-refractivity contribution in [3.05, 3.63) is 24.3 Å². The minimum Gasteiger partial charge on any atom is -0.371 e. The molecule has 3 nitrogen and oxygen atoms in total. The number of aldehydes is 1. The lowest BCUT2D eigenvalue weighted by Crippen LogP contribution is -2.53. The van der Waals surface area contributed by atoms with E-state index in [1.54, 1.807) is 24.3 Å². The van der Waals surface area contributed by atoms with Crippen LogP contribution in [0, 0.1) is 5.92 Å². The van der Waals surface area contributed by atoms with Gasteiger partial charge in [-0.2, -0.15) is 0 Å². The molecule has 1 rings (SSSR count). The third-order valence-electron chi connectivity index (χ3n) is 2.68. The molecule has 3 heteroatoms. The fourth-order valence-corrected chi connectivity index (χ4v) is 1.83. The van der Waals surface area contributed by atoms with Gasteiger partial charge < -0.3 is 9.90 Å². The Bertz CT molecular complexity index is 256. The number of allylic oxidation sites excluding steroid dienone is 2. The second kappa shape index (κ2) is 4.53. The van der Waals surface area contributed by atoms with Crippen molar-refractivity contribution >= 4 is 6.29 Å². The fourth-order valence-electron chi connectivity index (χ4n) is 1.83. The first-order chi connectivity index (χ1) is 6.69. The maximum atomic E-state index is 10.8. The summed E-state index contributed by atoms with van der Waals surface area (Å²) in [6.07, 6.45) is 7.76. The quantitative estimate of drug-likeness (QED) is 0.536. The van der Waals surface area contributed by atoms with E-state index >= 15 is 0 Å². The normalized spacial score (nSPS) is 31.0. The highest BCUT2D eigenvalue weighted by Gasteiger charge is 2.38. The van der Waals surface area contributed by atoms with Crippen LogP contribution in [0.3, 0.4) is 0 Å². The summed E-state index contributed by atoms with van der Waals surface area (Å²) in [7, 11) is 0. The second-order valence-corrected chi connectivity index (χ2v) is 3.36. The van der Waals surface area contributed by atoms with E-state index in [2.05, 4.69) is 0 Å². The summed E-state index contributed by atoms with van der Waals surface area (Å²) in [4.78, 5) is 12.7. The van der Waals surface area contributed by atoms with Gasteiger partial charge in [0.15, 0.2) is 5.72 Å². The van der Waals surface area contributed by atoms with Crippen molar-refractivity contribution in [2.24, 2.45) is 5.92 Å². The van der Waals surface area contributed by atoms with Crippen molar-refractivity contribution in [3.63, 3.8) is 0 Å². The average molecular weight is 195 g/mol. The summed E-state index contributed by atoms with van der Waals surface area (Å²) in [5.74, 6) is -0.465. The highest BCUT2D eigenvalue weighted by atomic mass is 16.3. The van der Waals surface area contributed by atoms with Crippen LogP contribution < -0.4 is 0 Å². The number of hydrogen-bond acceptors (Lipinski definition) is 3. The molecule has 0 fully saturated rings. The Hall–Kier alpha value is -0.930. The minimum atomic E-state index is -1.14. The molecule has 0 aromatic heterocycles. The predicted molar refractivity (Wildman–Crippen MR) is 55.7 cm³/mol. The van der Waals surface area contributed by atoms with Gasteiger partial charge in [-0.3, -0.25) is 4.90 Å². The number of carbonyl (C=O) groups is 1. The third kappa shape index (κ3) is 1.79. The van der Waals surface area contributed by atoms with Gasteiger partial charge in [0.25, 0.3) is 0 Å². The number of hydrogen-bond donors (Lipinski definition) is 1. The van der Waals surface area contributed by atoms with Crippen molar-refractivity contribution in [2.45, 2.75) is 19.6 Å². The SMILES string of the molecule is CCN(CC)C1(O)C=CC=CC1C=O. The summed E-state index contributed by atoms with van der Waals surface area (Å²) in [6, 6.07) is 0. The number of nitrogens with zero attached hydrogens (tertiary/aromatic N) is 1. The molecule has 0 aromatic rings. The van der Waals surface area contributed by atoms with E-state index in [1.807, 2.05) is 18.7 Å². The lowest BCUT2D eigenvalue weighted by molar-refractivity contribution is -0.129. The summed E-state index contributed by atoms with van der Waals surface area (Å²) in [6.45, 7) is 5.37. The molecule has 78 valence electrons. The summed E-state index contributed by atoms with van der Waals surface area (Å²) in [5.41, 5.74) is -1.14. The van der Waals surface area contributed by atoms with Crippen LogP contribution >= 0.6 is 0 Å². The Morgan fingerprint density at radius 2 is 2.07 bits per heavy atom. The predicted octanol–water partition coefficient (Wildman–Crippen LogP) is 0.958. The van der Waals surface area contributed by atoms with Gasteiger partial charge in [0, 0.05) is 0 Å². The molecule has 2 unspecified atom stereocenters.